The summed E-state index contributed by atoms with van der Waals surface area (Å²) in [5.74, 6) is -1.54. The summed E-state index contributed by atoms with van der Waals surface area (Å²) >= 11 is 4.95. The fourth-order valence-electron chi connectivity index (χ4n) is 2.46. The standard InChI is InChI=1S/C17H13BrF2N2OS/c1-2-5-21-17(23)14-7-15-16(12(18)9-24-15)22(14)8-10-3-4-11(19)6-13(10)20/h2-4,6-7,9H,1,5,8H2,(H,21,23). The number of hydrogen-bond donors (Lipinski definition) is 1. The molecule has 0 saturated heterocycles. The molecule has 0 atom stereocenters. The molecule has 2 heterocycles. The van der Waals surface area contributed by atoms with E-state index in [4.69, 9.17) is 0 Å². The molecule has 3 rings (SSSR count). The maximum absolute atomic E-state index is 14.0. The van der Waals surface area contributed by atoms with E-state index in [1.54, 1.807) is 16.7 Å². The van der Waals surface area contributed by atoms with Crippen LogP contribution in [0.25, 0.3) is 10.2 Å². The van der Waals surface area contributed by atoms with Crippen molar-refractivity contribution in [1.82, 2.24) is 9.88 Å². The summed E-state index contributed by atoms with van der Waals surface area (Å²) in [4.78, 5) is 12.4. The van der Waals surface area contributed by atoms with Gasteiger partial charge in [0.25, 0.3) is 5.91 Å². The average molecular weight is 411 g/mol. The van der Waals surface area contributed by atoms with Gasteiger partial charge in [-0.1, -0.05) is 12.1 Å². The summed E-state index contributed by atoms with van der Waals surface area (Å²) in [6.07, 6.45) is 1.59. The second-order valence-corrected chi connectivity index (χ2v) is 6.91. The van der Waals surface area contributed by atoms with Gasteiger partial charge in [-0.3, -0.25) is 4.79 Å². The van der Waals surface area contributed by atoms with Crippen LogP contribution in [0.2, 0.25) is 0 Å². The van der Waals surface area contributed by atoms with Crippen molar-refractivity contribution in [3.63, 3.8) is 0 Å². The van der Waals surface area contributed by atoms with Gasteiger partial charge in [0.2, 0.25) is 0 Å². The number of benzene rings is 1. The molecule has 3 aromatic rings. The lowest BCUT2D eigenvalue weighted by Gasteiger charge is -2.11. The van der Waals surface area contributed by atoms with Crippen LogP contribution in [-0.2, 0) is 6.54 Å². The highest BCUT2D eigenvalue weighted by Crippen LogP contribution is 2.34. The molecule has 0 unspecified atom stereocenters. The summed E-state index contributed by atoms with van der Waals surface area (Å²) in [6, 6.07) is 5.21. The molecule has 0 radical (unpaired) electrons. The first-order valence-electron chi connectivity index (χ1n) is 7.10. The summed E-state index contributed by atoms with van der Waals surface area (Å²) < 4.78 is 30.6. The Labute approximate surface area is 149 Å². The Balaban J connectivity index is 2.08. The van der Waals surface area contributed by atoms with Crippen LogP contribution in [0.3, 0.4) is 0 Å². The third kappa shape index (κ3) is 3.14. The Bertz CT molecular complexity index is 932. The zero-order valence-corrected chi connectivity index (χ0v) is 14.9. The number of nitrogens with zero attached hydrogens (tertiary/aromatic N) is 1. The Morgan fingerprint density at radius 3 is 2.88 bits per heavy atom. The zero-order valence-electron chi connectivity index (χ0n) is 12.5. The first kappa shape index (κ1) is 16.9. The van der Waals surface area contributed by atoms with Gasteiger partial charge in [0.1, 0.15) is 17.3 Å². The fourth-order valence-corrected chi connectivity index (χ4v) is 4.15. The number of carbonyl (C=O) groups excluding carboxylic acids is 1. The summed E-state index contributed by atoms with van der Waals surface area (Å²) in [6.45, 7) is 4.03. The van der Waals surface area contributed by atoms with Crippen molar-refractivity contribution >= 4 is 43.4 Å². The van der Waals surface area contributed by atoms with Gasteiger partial charge in [0.05, 0.1) is 21.2 Å². The van der Waals surface area contributed by atoms with Crippen LogP contribution in [0.15, 0.2) is 46.8 Å². The molecule has 0 spiro atoms. The van der Waals surface area contributed by atoms with E-state index in [0.717, 1.165) is 20.8 Å². The molecule has 0 saturated carbocycles. The van der Waals surface area contributed by atoms with Crippen molar-refractivity contribution < 1.29 is 13.6 Å². The predicted molar refractivity (Wildman–Crippen MR) is 95.5 cm³/mol. The normalized spacial score (nSPS) is 11.0. The van der Waals surface area contributed by atoms with Gasteiger partial charge >= 0.3 is 0 Å². The first-order chi connectivity index (χ1) is 11.5. The van der Waals surface area contributed by atoms with Crippen LogP contribution in [0, 0.1) is 11.6 Å². The second kappa shape index (κ2) is 6.86. The minimum atomic E-state index is -0.638. The van der Waals surface area contributed by atoms with Gasteiger partial charge in [-0.25, -0.2) is 8.78 Å². The second-order valence-electron chi connectivity index (χ2n) is 5.15. The number of carbonyl (C=O) groups is 1. The van der Waals surface area contributed by atoms with Gasteiger partial charge in [-0.2, -0.15) is 0 Å². The predicted octanol–water partition coefficient (Wildman–Crippen LogP) is 4.71. The lowest BCUT2D eigenvalue weighted by atomic mass is 10.2. The molecular formula is C17H13BrF2N2OS. The molecule has 124 valence electrons. The van der Waals surface area contributed by atoms with Crippen molar-refractivity contribution in [2.45, 2.75) is 6.54 Å². The molecule has 3 nitrogen and oxygen atoms in total. The number of fused-ring (bicyclic) bond motifs is 1. The smallest absolute Gasteiger partial charge is 0.268 e. The van der Waals surface area contributed by atoms with Crippen molar-refractivity contribution in [2.75, 3.05) is 6.54 Å². The number of thiophene rings is 1. The lowest BCUT2D eigenvalue weighted by Crippen LogP contribution is -2.26. The van der Waals surface area contributed by atoms with Crippen LogP contribution in [0.1, 0.15) is 16.1 Å². The minimum Gasteiger partial charge on any atom is -0.347 e. The van der Waals surface area contributed by atoms with E-state index in [2.05, 4.69) is 27.8 Å². The van der Waals surface area contributed by atoms with Crippen LogP contribution in [-0.4, -0.2) is 17.0 Å². The van der Waals surface area contributed by atoms with Gasteiger partial charge in [0, 0.05) is 23.6 Å². The van der Waals surface area contributed by atoms with E-state index in [-0.39, 0.29) is 12.5 Å². The molecule has 1 N–H and O–H groups in total. The quantitative estimate of drug-likeness (QED) is 0.607. The average Bonchev–Trinajstić information content (AvgIpc) is 3.08. The molecule has 0 aliphatic rings. The van der Waals surface area contributed by atoms with Gasteiger partial charge in [-0.05, 0) is 28.1 Å². The van der Waals surface area contributed by atoms with Crippen molar-refractivity contribution in [3.8, 4) is 0 Å². The highest BCUT2D eigenvalue weighted by molar-refractivity contribution is 9.10. The summed E-state index contributed by atoms with van der Waals surface area (Å²) in [7, 11) is 0. The van der Waals surface area contributed by atoms with Crippen LogP contribution in [0.4, 0.5) is 8.78 Å². The number of halogens is 3. The van der Waals surface area contributed by atoms with E-state index in [1.807, 2.05) is 5.38 Å². The van der Waals surface area contributed by atoms with E-state index < -0.39 is 11.6 Å². The minimum absolute atomic E-state index is 0.127. The van der Waals surface area contributed by atoms with E-state index in [0.29, 0.717) is 17.8 Å². The molecule has 1 aromatic carbocycles. The number of rotatable bonds is 5. The summed E-state index contributed by atoms with van der Waals surface area (Å²) in [5, 5.41) is 4.64. The molecule has 24 heavy (non-hydrogen) atoms. The lowest BCUT2D eigenvalue weighted by molar-refractivity contribution is 0.0949. The zero-order chi connectivity index (χ0) is 17.3. The molecule has 0 bridgehead atoms. The number of nitrogens with one attached hydrogen (secondary N) is 1. The fraction of sp³-hybridized carbons (Fsp3) is 0.118. The van der Waals surface area contributed by atoms with Crippen LogP contribution < -0.4 is 5.32 Å². The third-order valence-corrected chi connectivity index (χ3v) is 5.39. The van der Waals surface area contributed by atoms with E-state index >= 15 is 0 Å². The number of amides is 1. The Hall–Kier alpha value is -1.99. The Morgan fingerprint density at radius 2 is 2.17 bits per heavy atom. The highest BCUT2D eigenvalue weighted by atomic mass is 79.9. The molecule has 7 heteroatoms. The van der Waals surface area contributed by atoms with Gasteiger partial charge in [0.15, 0.2) is 0 Å². The van der Waals surface area contributed by atoms with Crippen molar-refractivity contribution in [2.24, 2.45) is 0 Å². The molecule has 0 aliphatic heterocycles. The van der Waals surface area contributed by atoms with Crippen LogP contribution >= 0.6 is 27.3 Å². The topological polar surface area (TPSA) is 34.0 Å². The molecule has 0 fully saturated rings. The van der Waals surface area contributed by atoms with E-state index in [9.17, 15) is 13.6 Å². The maximum Gasteiger partial charge on any atom is 0.268 e. The van der Waals surface area contributed by atoms with E-state index in [1.165, 1.54) is 23.5 Å². The van der Waals surface area contributed by atoms with Crippen LogP contribution in [0.5, 0.6) is 0 Å². The third-order valence-electron chi connectivity index (χ3n) is 3.56. The number of hydrogen-bond acceptors (Lipinski definition) is 2. The number of aromatic nitrogens is 1. The molecule has 0 aliphatic carbocycles. The van der Waals surface area contributed by atoms with Gasteiger partial charge in [-0.15, -0.1) is 17.9 Å². The molecule has 2 aromatic heterocycles. The maximum atomic E-state index is 14.0. The Kier molecular flexibility index (Phi) is 4.82. The highest BCUT2D eigenvalue weighted by Gasteiger charge is 2.19. The van der Waals surface area contributed by atoms with Crippen molar-refractivity contribution in [1.29, 1.82) is 0 Å². The monoisotopic (exact) mass is 410 g/mol. The summed E-state index contributed by atoms with van der Waals surface area (Å²) in [5.41, 5.74) is 1.54. The Morgan fingerprint density at radius 1 is 1.38 bits per heavy atom. The van der Waals surface area contributed by atoms with Gasteiger partial charge < -0.3 is 9.88 Å². The molecular weight excluding hydrogens is 398 g/mol. The van der Waals surface area contributed by atoms with Crippen molar-refractivity contribution in [3.05, 3.63) is 69.7 Å². The largest absolute Gasteiger partial charge is 0.347 e. The SMILES string of the molecule is C=CCNC(=O)c1cc2scc(Br)c2n1Cc1ccc(F)cc1F. The molecule has 1 amide bonds. The first-order valence-corrected chi connectivity index (χ1v) is 8.77.